The van der Waals surface area contributed by atoms with E-state index in [-0.39, 0.29) is 6.10 Å². The van der Waals surface area contributed by atoms with E-state index in [0.717, 1.165) is 44.3 Å². The Morgan fingerprint density at radius 1 is 1.45 bits per heavy atom. The summed E-state index contributed by atoms with van der Waals surface area (Å²) in [6.45, 7) is 8.96. The lowest BCUT2D eigenvalue weighted by molar-refractivity contribution is 0.0998. The van der Waals surface area contributed by atoms with Crippen LogP contribution >= 0.6 is 0 Å². The minimum atomic E-state index is -0.210. The molecular weight excluding hydrogens is 250 g/mol. The molecule has 2 N–H and O–H groups in total. The van der Waals surface area contributed by atoms with Crippen molar-refractivity contribution >= 4 is 0 Å². The molecule has 0 amide bonds. The van der Waals surface area contributed by atoms with Gasteiger partial charge < -0.3 is 15.3 Å². The van der Waals surface area contributed by atoms with Gasteiger partial charge in [-0.05, 0) is 63.9 Å². The van der Waals surface area contributed by atoms with Gasteiger partial charge in [-0.2, -0.15) is 0 Å². The Bertz CT molecular complexity index is 400. The van der Waals surface area contributed by atoms with Crippen LogP contribution in [0.2, 0.25) is 0 Å². The van der Waals surface area contributed by atoms with E-state index in [1.54, 1.807) is 0 Å². The highest BCUT2D eigenvalue weighted by Gasteiger charge is 2.19. The van der Waals surface area contributed by atoms with Gasteiger partial charge in [0.05, 0.1) is 6.10 Å². The summed E-state index contributed by atoms with van der Waals surface area (Å²) < 4.78 is 0. The Kier molecular flexibility index (Phi) is 5.95. The van der Waals surface area contributed by atoms with E-state index in [4.69, 9.17) is 0 Å². The smallest absolute Gasteiger partial charge is 0.0639 e. The number of nitrogens with zero attached hydrogens (tertiary/aromatic N) is 2. The largest absolute Gasteiger partial charge is 0.392 e. The van der Waals surface area contributed by atoms with Crippen LogP contribution in [0, 0.1) is 12.8 Å². The van der Waals surface area contributed by atoms with Crippen molar-refractivity contribution in [3.63, 3.8) is 0 Å². The van der Waals surface area contributed by atoms with Gasteiger partial charge in [0.1, 0.15) is 0 Å². The first-order valence-corrected chi connectivity index (χ1v) is 7.67. The normalized spacial score (nSPS) is 19.1. The maximum Gasteiger partial charge on any atom is 0.0639 e. The van der Waals surface area contributed by atoms with Crippen molar-refractivity contribution in [3.05, 3.63) is 29.6 Å². The molecular formula is C16H27N3O. The molecule has 1 saturated heterocycles. The molecule has 1 atom stereocenters. The summed E-state index contributed by atoms with van der Waals surface area (Å²) in [7, 11) is 0. The number of hydrogen-bond donors (Lipinski definition) is 2. The molecule has 0 saturated carbocycles. The van der Waals surface area contributed by atoms with Gasteiger partial charge in [-0.15, -0.1) is 0 Å². The molecule has 0 aromatic carbocycles. The first-order valence-electron chi connectivity index (χ1n) is 7.67. The second-order valence-corrected chi connectivity index (χ2v) is 5.97. The van der Waals surface area contributed by atoms with Crippen LogP contribution in [0.15, 0.2) is 18.3 Å². The molecule has 4 heteroatoms. The SMILES string of the molecule is Cc1ncccc1CNCC1CCN(CC(C)O)CC1. The van der Waals surface area contributed by atoms with Crippen LogP contribution in [0.4, 0.5) is 0 Å². The Morgan fingerprint density at radius 2 is 2.20 bits per heavy atom. The molecule has 2 rings (SSSR count). The summed E-state index contributed by atoms with van der Waals surface area (Å²) >= 11 is 0. The molecule has 0 radical (unpaired) electrons. The number of rotatable bonds is 6. The van der Waals surface area contributed by atoms with Gasteiger partial charge in [-0.3, -0.25) is 4.98 Å². The number of aryl methyl sites for hydroxylation is 1. The van der Waals surface area contributed by atoms with Crippen molar-refractivity contribution in [2.75, 3.05) is 26.2 Å². The molecule has 1 fully saturated rings. The monoisotopic (exact) mass is 277 g/mol. The van der Waals surface area contributed by atoms with Crippen molar-refractivity contribution in [2.45, 2.75) is 39.3 Å². The average molecular weight is 277 g/mol. The van der Waals surface area contributed by atoms with E-state index in [1.807, 2.05) is 19.2 Å². The first kappa shape index (κ1) is 15.4. The second-order valence-electron chi connectivity index (χ2n) is 5.97. The van der Waals surface area contributed by atoms with Crippen LogP contribution in [0.1, 0.15) is 31.0 Å². The molecule has 2 heterocycles. The van der Waals surface area contributed by atoms with Gasteiger partial charge in [0, 0.05) is 25.0 Å². The topological polar surface area (TPSA) is 48.4 Å². The zero-order chi connectivity index (χ0) is 14.4. The molecule has 20 heavy (non-hydrogen) atoms. The standard InChI is InChI=1S/C16H27N3O/c1-13(20)12-19-8-5-15(6-9-19)10-17-11-16-4-3-7-18-14(16)2/h3-4,7,13,15,17,20H,5-6,8-12H2,1-2H3. The molecule has 1 aliphatic heterocycles. The van der Waals surface area contributed by atoms with Crippen molar-refractivity contribution in [1.82, 2.24) is 15.2 Å². The second kappa shape index (κ2) is 7.72. The zero-order valence-corrected chi connectivity index (χ0v) is 12.7. The molecule has 0 bridgehead atoms. The van der Waals surface area contributed by atoms with Crippen LogP contribution in [0.5, 0.6) is 0 Å². The van der Waals surface area contributed by atoms with Crippen LogP contribution in [-0.4, -0.2) is 47.3 Å². The lowest BCUT2D eigenvalue weighted by Gasteiger charge is -2.32. The van der Waals surface area contributed by atoms with Crippen molar-refractivity contribution < 1.29 is 5.11 Å². The third-order valence-corrected chi connectivity index (χ3v) is 4.09. The molecule has 1 aromatic heterocycles. The first-order chi connectivity index (χ1) is 9.65. The minimum absolute atomic E-state index is 0.210. The molecule has 0 aliphatic carbocycles. The Labute approximate surface area is 122 Å². The predicted octanol–water partition coefficient (Wildman–Crippen LogP) is 1.57. The quantitative estimate of drug-likeness (QED) is 0.829. The maximum absolute atomic E-state index is 9.40. The third-order valence-electron chi connectivity index (χ3n) is 4.09. The van der Waals surface area contributed by atoms with Crippen molar-refractivity contribution in [2.24, 2.45) is 5.92 Å². The highest BCUT2D eigenvalue weighted by atomic mass is 16.3. The van der Waals surface area contributed by atoms with E-state index in [0.29, 0.717) is 0 Å². The zero-order valence-electron chi connectivity index (χ0n) is 12.7. The Morgan fingerprint density at radius 3 is 2.85 bits per heavy atom. The van der Waals surface area contributed by atoms with Crippen LogP contribution in [0.3, 0.4) is 0 Å². The number of nitrogens with one attached hydrogen (secondary N) is 1. The number of aliphatic hydroxyl groups excluding tert-OH is 1. The van der Waals surface area contributed by atoms with Gasteiger partial charge in [0.25, 0.3) is 0 Å². The van der Waals surface area contributed by atoms with Gasteiger partial charge in [0.15, 0.2) is 0 Å². The van der Waals surface area contributed by atoms with E-state index < -0.39 is 0 Å². The van der Waals surface area contributed by atoms with Crippen molar-refractivity contribution in [1.29, 1.82) is 0 Å². The van der Waals surface area contributed by atoms with E-state index in [1.165, 1.54) is 18.4 Å². The number of β-amino-alcohol motifs (C(OH)–C–C–N with tert-alkyl or cyclic N) is 1. The fourth-order valence-electron chi connectivity index (χ4n) is 2.86. The fourth-order valence-corrected chi connectivity index (χ4v) is 2.86. The predicted molar refractivity (Wildman–Crippen MR) is 81.5 cm³/mol. The highest BCUT2D eigenvalue weighted by Crippen LogP contribution is 2.16. The lowest BCUT2D eigenvalue weighted by Crippen LogP contribution is -2.40. The third kappa shape index (κ3) is 4.85. The number of likely N-dealkylation sites (tertiary alicyclic amines) is 1. The lowest BCUT2D eigenvalue weighted by atomic mass is 9.96. The molecule has 4 nitrogen and oxygen atoms in total. The number of aliphatic hydroxyl groups is 1. The van der Waals surface area contributed by atoms with Crippen LogP contribution in [-0.2, 0) is 6.54 Å². The van der Waals surface area contributed by atoms with Crippen molar-refractivity contribution in [3.8, 4) is 0 Å². The summed E-state index contributed by atoms with van der Waals surface area (Å²) in [5.41, 5.74) is 2.41. The summed E-state index contributed by atoms with van der Waals surface area (Å²) in [5.74, 6) is 0.761. The maximum atomic E-state index is 9.40. The molecule has 1 aliphatic rings. The van der Waals surface area contributed by atoms with Gasteiger partial charge in [-0.1, -0.05) is 6.07 Å². The summed E-state index contributed by atoms with van der Waals surface area (Å²) in [5, 5.41) is 13.0. The van der Waals surface area contributed by atoms with Crippen LogP contribution < -0.4 is 5.32 Å². The molecule has 112 valence electrons. The average Bonchev–Trinajstić information content (AvgIpc) is 2.42. The minimum Gasteiger partial charge on any atom is -0.392 e. The fraction of sp³-hybridized carbons (Fsp3) is 0.688. The number of pyridine rings is 1. The summed E-state index contributed by atoms with van der Waals surface area (Å²) in [4.78, 5) is 6.68. The van der Waals surface area contributed by atoms with Crippen LogP contribution in [0.25, 0.3) is 0 Å². The summed E-state index contributed by atoms with van der Waals surface area (Å²) in [6.07, 6.45) is 4.09. The highest BCUT2D eigenvalue weighted by molar-refractivity contribution is 5.17. The Hall–Kier alpha value is -0.970. The number of piperidine rings is 1. The molecule has 0 spiro atoms. The number of aromatic nitrogens is 1. The van der Waals surface area contributed by atoms with Gasteiger partial charge in [-0.25, -0.2) is 0 Å². The molecule has 1 unspecified atom stereocenters. The molecule has 1 aromatic rings. The summed E-state index contributed by atoms with van der Waals surface area (Å²) in [6, 6.07) is 4.14. The van der Waals surface area contributed by atoms with E-state index in [2.05, 4.69) is 28.2 Å². The van der Waals surface area contributed by atoms with E-state index >= 15 is 0 Å². The van der Waals surface area contributed by atoms with E-state index in [9.17, 15) is 5.11 Å². The number of hydrogen-bond acceptors (Lipinski definition) is 4. The van der Waals surface area contributed by atoms with Gasteiger partial charge in [0.2, 0.25) is 0 Å². The Balaban J connectivity index is 1.65. The van der Waals surface area contributed by atoms with Gasteiger partial charge >= 0.3 is 0 Å².